The summed E-state index contributed by atoms with van der Waals surface area (Å²) < 4.78 is 75.1. The van der Waals surface area contributed by atoms with Crippen LogP contribution in [0.1, 0.15) is 207 Å². The highest BCUT2D eigenvalue weighted by Gasteiger charge is 2.56. The van der Waals surface area contributed by atoms with Crippen LogP contribution in [0.2, 0.25) is 0 Å². The van der Waals surface area contributed by atoms with Crippen LogP contribution in [0.4, 0.5) is 0 Å². The number of amides is 2. The van der Waals surface area contributed by atoms with Crippen LogP contribution < -0.4 is 10.6 Å². The summed E-state index contributed by atoms with van der Waals surface area (Å²) in [4.78, 5) is 39.2. The Kier molecular flexibility index (Phi) is 40.9. The van der Waals surface area contributed by atoms with E-state index in [1.165, 1.54) is 60.6 Å². The van der Waals surface area contributed by atoms with Crippen LogP contribution in [-0.2, 0) is 71.2 Å². The van der Waals surface area contributed by atoms with E-state index in [9.17, 15) is 117 Å². The molecule has 708 valence electrons. The summed E-state index contributed by atoms with van der Waals surface area (Å²) in [5.74, 6) is -10.9. The summed E-state index contributed by atoms with van der Waals surface area (Å²) >= 11 is 0. The fourth-order valence-electron chi connectivity index (χ4n) is 17.6. The third-order valence-corrected chi connectivity index (χ3v) is 26.2. The molecule has 6 fully saturated rings. The van der Waals surface area contributed by atoms with Crippen LogP contribution in [-0.4, -0.2) is 353 Å². The number of hydrogen-bond donors (Lipinski definition) is 22. The number of rotatable bonds is 24. The van der Waals surface area contributed by atoms with E-state index in [0.29, 0.717) is 19.3 Å². The Morgan fingerprint density at radius 1 is 0.598 bits per heavy atom. The lowest BCUT2D eigenvalue weighted by molar-refractivity contribution is -0.413. The van der Waals surface area contributed by atoms with E-state index >= 15 is 0 Å². The van der Waals surface area contributed by atoms with E-state index < -0.39 is 312 Å². The fourth-order valence-corrected chi connectivity index (χ4v) is 17.6. The van der Waals surface area contributed by atoms with Crippen molar-refractivity contribution in [1.29, 1.82) is 0 Å². The van der Waals surface area contributed by atoms with Crippen molar-refractivity contribution in [2.75, 3.05) is 6.61 Å². The molecule has 0 radical (unpaired) electrons. The zero-order valence-electron chi connectivity index (χ0n) is 73.4. The molecular weight excluding hydrogens is 1610 g/mol. The minimum Gasteiger partial charge on any atom is -0.458 e. The minimum atomic E-state index is -2.78. The van der Waals surface area contributed by atoms with Gasteiger partial charge in [0.05, 0.1) is 116 Å². The van der Waals surface area contributed by atoms with Gasteiger partial charge in [-0.05, 0) is 91.1 Å². The molecule has 7 aliphatic heterocycles. The molecule has 122 heavy (non-hydrogen) atoms. The van der Waals surface area contributed by atoms with Gasteiger partial charge >= 0.3 is 5.97 Å². The molecule has 0 unspecified atom stereocenters. The maximum absolute atomic E-state index is 14.7. The van der Waals surface area contributed by atoms with Crippen molar-refractivity contribution in [2.45, 2.75) is 433 Å². The summed E-state index contributed by atoms with van der Waals surface area (Å²) in [6.45, 7) is 24.7. The van der Waals surface area contributed by atoms with Crippen molar-refractivity contribution in [2.24, 2.45) is 41.4 Å². The molecule has 0 aromatic rings. The number of fused-ring (bicyclic) bond motifs is 2. The lowest BCUT2D eigenvalue weighted by atomic mass is 9.82. The molecule has 0 spiro atoms. The smallest absolute Gasteiger partial charge is 0.333 e. The predicted octanol–water partition coefficient (Wildman–Crippen LogP) is -1.14. The second-order valence-electron chi connectivity index (χ2n) is 36.0. The second-order valence-corrected chi connectivity index (χ2v) is 36.0. The molecule has 7 heterocycles. The molecule has 7 rings (SSSR count). The third-order valence-electron chi connectivity index (χ3n) is 26.2. The number of ether oxygens (including phenoxy) is 12. The quantitative estimate of drug-likeness (QED) is 0.0401. The molecule has 2 amide bonds. The monoisotopic (exact) mass is 1760 g/mol. The average Bonchev–Trinajstić information content (AvgIpc) is 0.739. The molecule has 6 saturated heterocycles. The highest BCUT2D eigenvalue weighted by molar-refractivity contribution is 5.88. The van der Waals surface area contributed by atoms with Gasteiger partial charge in [-0.15, -0.1) is 0 Å². The molecule has 0 aromatic heterocycles. The first-order valence-electron chi connectivity index (χ1n) is 43.7. The van der Waals surface area contributed by atoms with E-state index in [1.54, 1.807) is 53.7 Å². The minimum absolute atomic E-state index is 0.00889. The van der Waals surface area contributed by atoms with Gasteiger partial charge in [0.25, 0.3) is 0 Å². The lowest BCUT2D eigenvalue weighted by Crippen LogP contribution is -2.63. The molecule has 7 aliphatic rings. The maximum Gasteiger partial charge on any atom is 0.333 e. The topological polar surface area (TPSA) is 591 Å². The van der Waals surface area contributed by atoms with Gasteiger partial charge < -0.3 is 170 Å². The van der Waals surface area contributed by atoms with Crippen LogP contribution in [0.3, 0.4) is 0 Å². The SMILES string of the molecule is CCC[C@@H](O[C@H]1C[C@](C)(NC(C)=O)[C@@H](O)[C@H](C)O1)[C@@H](C)[C@@H](O)[C@@H](/C=C/[C@H](O)[C@@H](C)[C@@H]1C/C=C(\C)[C@@H](O)[C@@H](C)[C@H](O[C@@H]2O[C@H](CO)[C@@H](O)[C@H](O)[C@@H]2O)C[C@@H](O)[C@@H](C)[C@@H](O)C[C@@H]2C[C@H](O)[C@@H](O)[C@](O)(C[C@H](O[C@H]3O[C@H](O[C@@H]4O[C@H](C)[C@@H](O)[C@H](O)[C@H]4O)[C@@H](O[C@H]4C[C@@H](NC(C)=O)[C@H](O)[C@@H](C)O4)[C@H](O)[C@H]3C)[C@@H](C)CC[C@@H](O)C[C@@H](O)C/C=C(\CC)C(=O)O1)O2)CC. The summed E-state index contributed by atoms with van der Waals surface area (Å²) in [7, 11) is 0. The predicted molar refractivity (Wildman–Crippen MR) is 431 cm³/mol. The van der Waals surface area contributed by atoms with Crippen LogP contribution in [0.5, 0.6) is 0 Å². The van der Waals surface area contributed by atoms with Gasteiger partial charge in [-0.2, -0.15) is 0 Å². The molecule has 0 aromatic carbocycles. The summed E-state index contributed by atoms with van der Waals surface area (Å²) in [5, 5.41) is 237. The highest BCUT2D eigenvalue weighted by atomic mass is 16.8. The lowest BCUT2D eigenvalue weighted by Gasteiger charge is -2.49. The second kappa shape index (κ2) is 47.3. The Balaban J connectivity index is 1.22. The number of carbonyl (C=O) groups excluding carboxylic acids is 3. The summed E-state index contributed by atoms with van der Waals surface area (Å²) in [6, 6.07) is -0.908. The van der Waals surface area contributed by atoms with Gasteiger partial charge in [0.2, 0.25) is 11.8 Å². The molecule has 44 atom stereocenters. The van der Waals surface area contributed by atoms with E-state index in [0.717, 1.165) is 0 Å². The summed E-state index contributed by atoms with van der Waals surface area (Å²) in [6.07, 6.45) is -44.7. The van der Waals surface area contributed by atoms with Gasteiger partial charge in [-0.1, -0.05) is 93.0 Å². The zero-order chi connectivity index (χ0) is 91.2. The Hall–Kier alpha value is -3.61. The number of carbonyl (C=O) groups is 3. The Bertz CT molecular complexity index is 3270. The standard InChI is InChI=1S/C85H148N2O35/c1-17-20-59(114-65-35-84(16,87-48(15)90)77(107)46(13)112-65)41(8)67(98)49(18-2)24-27-55(93)40(7)60-28-22-38(5)66(97)42(9)61(116-82-75(106)73(104)71(102)63(36-88)118-82)33-57(95)39(6)56(94)30-53-31-58(96)78(108)85(110,122-53)34-62(37(4)21-25-51(91)29-52(92)26-23-50(19-3)79(109)115-60)117-80-43(10)68(99)76(119-64-32-54(86-47(14)89)69(100)44(11)111-64)83(120-80)121-81-74(105)72(103)70(101)45(12)113-81/h22-24,27,37,39-46,49,51-78,80-83,88,91-108,110H,17-21,25-26,28-36H2,1-16H3,(H,86,89)(H,87,90)/b27-24+,38-22+,50-23+/t37-,39-,40+,41+,42-,43+,44+,45+,46-,49+,51+,52-,53+,54+,55-,56-,57+,58-,59+,60-,61+,62-,63+,64-,65-,66+,67+,68+,69+,70+,71+,72-,73-,74+,75-,76-,77-,78+,80-,81-,82+,83+,84-,85-/m0/s1. The van der Waals surface area contributed by atoms with Crippen molar-refractivity contribution in [1.82, 2.24) is 10.6 Å². The van der Waals surface area contributed by atoms with E-state index in [4.69, 9.17) is 56.8 Å². The van der Waals surface area contributed by atoms with Gasteiger partial charge in [-0.25, -0.2) is 4.79 Å². The third kappa shape index (κ3) is 27.5. The Morgan fingerprint density at radius 3 is 1.84 bits per heavy atom. The van der Waals surface area contributed by atoms with Gasteiger partial charge in [0.15, 0.2) is 43.5 Å². The number of cyclic esters (lactones) is 1. The van der Waals surface area contributed by atoms with Crippen molar-refractivity contribution >= 4 is 17.8 Å². The number of aliphatic hydroxyl groups excluding tert-OH is 19. The van der Waals surface area contributed by atoms with E-state index in [-0.39, 0.29) is 68.4 Å². The van der Waals surface area contributed by atoms with Crippen molar-refractivity contribution in [3.63, 3.8) is 0 Å². The molecule has 2 bridgehead atoms. The van der Waals surface area contributed by atoms with Gasteiger partial charge in [-0.3, -0.25) is 9.59 Å². The number of nitrogens with one attached hydrogen (secondary N) is 2. The molecular formula is C85H148N2O35. The van der Waals surface area contributed by atoms with E-state index in [1.807, 2.05) is 20.8 Å². The molecule has 37 nitrogen and oxygen atoms in total. The Morgan fingerprint density at radius 2 is 1.21 bits per heavy atom. The number of esters is 1. The fraction of sp³-hybridized carbons (Fsp3) is 0.894. The zero-order valence-corrected chi connectivity index (χ0v) is 73.4. The molecule has 0 saturated carbocycles. The van der Waals surface area contributed by atoms with Crippen LogP contribution in [0.15, 0.2) is 35.5 Å². The first kappa shape index (κ1) is 105. The molecule has 0 aliphatic carbocycles. The maximum atomic E-state index is 14.7. The van der Waals surface area contributed by atoms with Crippen molar-refractivity contribution < 1.29 is 173 Å². The van der Waals surface area contributed by atoms with Crippen LogP contribution in [0.25, 0.3) is 0 Å². The normalized spacial score (nSPS) is 45.8. The van der Waals surface area contributed by atoms with Crippen molar-refractivity contribution in [3.8, 4) is 0 Å². The van der Waals surface area contributed by atoms with Gasteiger partial charge in [0, 0.05) is 99.9 Å². The number of aliphatic hydroxyl groups is 20. The number of hydrogen-bond acceptors (Lipinski definition) is 35. The van der Waals surface area contributed by atoms with Gasteiger partial charge in [0.1, 0.15) is 73.2 Å². The largest absolute Gasteiger partial charge is 0.458 e. The van der Waals surface area contributed by atoms with Crippen LogP contribution in [0, 0.1) is 41.4 Å². The molecule has 37 heteroatoms. The Labute approximate surface area is 715 Å². The molecule has 22 N–H and O–H groups in total. The van der Waals surface area contributed by atoms with Crippen molar-refractivity contribution in [3.05, 3.63) is 35.5 Å². The van der Waals surface area contributed by atoms with E-state index in [2.05, 4.69) is 10.6 Å². The summed E-state index contributed by atoms with van der Waals surface area (Å²) in [5.41, 5.74) is -0.762. The first-order chi connectivity index (χ1) is 57.1. The average molecular weight is 1760 g/mol. The highest BCUT2D eigenvalue weighted by Crippen LogP contribution is 2.43. The van der Waals surface area contributed by atoms with Crippen LogP contribution >= 0.6 is 0 Å². The first-order valence-corrected chi connectivity index (χ1v) is 43.7.